The molecule has 4 rings (SSSR count). The molecule has 1 aliphatic rings. The molecule has 3 aromatic rings. The highest BCUT2D eigenvalue weighted by Crippen LogP contribution is 2.37. The van der Waals surface area contributed by atoms with Crippen LogP contribution in [0.25, 0.3) is 22.6 Å². The van der Waals surface area contributed by atoms with E-state index in [9.17, 15) is 15.3 Å². The van der Waals surface area contributed by atoms with Crippen molar-refractivity contribution in [1.29, 1.82) is 0 Å². The molecular weight excluding hydrogens is 384 g/mol. The van der Waals surface area contributed by atoms with Gasteiger partial charge in [-0.3, -0.25) is 0 Å². The van der Waals surface area contributed by atoms with Crippen molar-refractivity contribution in [2.45, 2.75) is 51.6 Å². The third-order valence-corrected chi connectivity index (χ3v) is 5.73. The predicted molar refractivity (Wildman–Crippen MR) is 111 cm³/mol. The quantitative estimate of drug-likeness (QED) is 0.607. The monoisotopic (exact) mass is 410 g/mol. The van der Waals surface area contributed by atoms with Crippen molar-refractivity contribution in [3.05, 3.63) is 59.0 Å². The van der Waals surface area contributed by atoms with Crippen molar-refractivity contribution in [2.24, 2.45) is 0 Å². The standard InChI is InChI=1S/C23H26N2O5/c1-12-9-15(7-8-17(12)23-25-24-14(3)29-23)18-5-4-6-19(13(18)2)22-21(28)20(27)10-16(11-26)30-22/h4-9,16,20-22,26-28H,10-11H2,1-3H3/t16?,20?,21?,22-/m1/s1. The van der Waals surface area contributed by atoms with Gasteiger partial charge in [-0.1, -0.05) is 30.3 Å². The Balaban J connectivity index is 1.70. The van der Waals surface area contributed by atoms with Crippen molar-refractivity contribution in [2.75, 3.05) is 6.61 Å². The van der Waals surface area contributed by atoms with E-state index in [-0.39, 0.29) is 13.0 Å². The normalized spacial score (nSPS) is 24.2. The van der Waals surface area contributed by atoms with Gasteiger partial charge in [-0.2, -0.15) is 0 Å². The number of nitrogens with zero attached hydrogens (tertiary/aromatic N) is 2. The van der Waals surface area contributed by atoms with Gasteiger partial charge >= 0.3 is 0 Å². The molecule has 2 heterocycles. The summed E-state index contributed by atoms with van der Waals surface area (Å²) in [7, 11) is 0. The van der Waals surface area contributed by atoms with E-state index < -0.39 is 24.4 Å². The van der Waals surface area contributed by atoms with Gasteiger partial charge in [-0.25, -0.2) is 0 Å². The highest BCUT2D eigenvalue weighted by molar-refractivity contribution is 5.73. The second-order valence-corrected chi connectivity index (χ2v) is 7.83. The fourth-order valence-corrected chi connectivity index (χ4v) is 4.08. The van der Waals surface area contributed by atoms with Gasteiger partial charge in [0.1, 0.15) is 12.2 Å². The summed E-state index contributed by atoms with van der Waals surface area (Å²) in [6.07, 6.45) is -2.98. The number of benzene rings is 2. The molecular formula is C23H26N2O5. The van der Waals surface area contributed by atoms with Crippen LogP contribution in [-0.4, -0.2) is 50.4 Å². The summed E-state index contributed by atoms with van der Waals surface area (Å²) in [5.74, 6) is 1.01. The molecule has 0 bridgehead atoms. The van der Waals surface area contributed by atoms with Gasteiger partial charge in [-0.15, -0.1) is 10.2 Å². The second kappa shape index (κ2) is 8.28. The fourth-order valence-electron chi connectivity index (χ4n) is 4.08. The number of aryl methyl sites for hydroxylation is 2. The average molecular weight is 410 g/mol. The number of hydrogen-bond donors (Lipinski definition) is 3. The minimum atomic E-state index is -1.05. The molecule has 3 N–H and O–H groups in total. The molecule has 0 spiro atoms. The molecule has 1 saturated heterocycles. The Hall–Kier alpha value is -2.58. The van der Waals surface area contributed by atoms with Crippen LogP contribution in [0.2, 0.25) is 0 Å². The summed E-state index contributed by atoms with van der Waals surface area (Å²) < 4.78 is 11.4. The molecule has 7 heteroatoms. The molecule has 0 saturated carbocycles. The molecule has 0 aliphatic carbocycles. The smallest absolute Gasteiger partial charge is 0.247 e. The summed E-state index contributed by atoms with van der Waals surface area (Å²) in [5, 5.41) is 38.2. The van der Waals surface area contributed by atoms with Crippen LogP contribution in [0.4, 0.5) is 0 Å². The second-order valence-electron chi connectivity index (χ2n) is 7.83. The highest BCUT2D eigenvalue weighted by Gasteiger charge is 2.38. The molecule has 4 atom stereocenters. The molecule has 0 radical (unpaired) electrons. The van der Waals surface area contributed by atoms with E-state index in [1.54, 1.807) is 6.92 Å². The third-order valence-electron chi connectivity index (χ3n) is 5.73. The van der Waals surface area contributed by atoms with Crippen molar-refractivity contribution in [3.8, 4) is 22.6 Å². The van der Waals surface area contributed by atoms with E-state index in [0.717, 1.165) is 33.4 Å². The first-order valence-corrected chi connectivity index (χ1v) is 10.0. The van der Waals surface area contributed by atoms with E-state index in [2.05, 4.69) is 16.3 Å². The lowest BCUT2D eigenvalue weighted by Crippen LogP contribution is -2.44. The van der Waals surface area contributed by atoms with Crippen molar-refractivity contribution in [3.63, 3.8) is 0 Å². The van der Waals surface area contributed by atoms with Crippen LogP contribution in [0.5, 0.6) is 0 Å². The zero-order valence-electron chi connectivity index (χ0n) is 17.2. The first-order chi connectivity index (χ1) is 14.4. The zero-order chi connectivity index (χ0) is 21.4. The van der Waals surface area contributed by atoms with Crippen LogP contribution < -0.4 is 0 Å². The lowest BCUT2D eigenvalue weighted by Gasteiger charge is -2.37. The maximum atomic E-state index is 10.5. The Bertz CT molecular complexity index is 1050. The lowest BCUT2D eigenvalue weighted by atomic mass is 9.87. The van der Waals surface area contributed by atoms with E-state index in [1.807, 2.05) is 44.2 Å². The van der Waals surface area contributed by atoms with Crippen molar-refractivity contribution >= 4 is 0 Å². The van der Waals surface area contributed by atoms with Crippen molar-refractivity contribution in [1.82, 2.24) is 10.2 Å². The molecule has 3 unspecified atom stereocenters. The Morgan fingerprint density at radius 2 is 1.83 bits per heavy atom. The van der Waals surface area contributed by atoms with Crippen LogP contribution in [0, 0.1) is 20.8 Å². The molecule has 2 aromatic carbocycles. The zero-order valence-corrected chi connectivity index (χ0v) is 17.2. The molecule has 158 valence electrons. The lowest BCUT2D eigenvalue weighted by molar-refractivity contribution is -0.179. The molecule has 7 nitrogen and oxygen atoms in total. The molecule has 30 heavy (non-hydrogen) atoms. The summed E-state index contributed by atoms with van der Waals surface area (Å²) >= 11 is 0. The van der Waals surface area contributed by atoms with Crippen LogP contribution >= 0.6 is 0 Å². The maximum Gasteiger partial charge on any atom is 0.247 e. The number of hydrogen-bond acceptors (Lipinski definition) is 7. The van der Waals surface area contributed by atoms with Crippen LogP contribution in [-0.2, 0) is 4.74 Å². The Kier molecular flexibility index (Phi) is 5.71. The fraction of sp³-hybridized carbons (Fsp3) is 0.391. The molecule has 1 aliphatic heterocycles. The maximum absolute atomic E-state index is 10.5. The van der Waals surface area contributed by atoms with Gasteiger partial charge in [0.25, 0.3) is 0 Å². The first kappa shape index (κ1) is 20.7. The molecule has 1 aromatic heterocycles. The topological polar surface area (TPSA) is 109 Å². The third kappa shape index (κ3) is 3.77. The van der Waals surface area contributed by atoms with Crippen LogP contribution in [0.15, 0.2) is 40.8 Å². The van der Waals surface area contributed by atoms with Gasteiger partial charge in [-0.05, 0) is 47.7 Å². The number of rotatable bonds is 4. The average Bonchev–Trinajstić information content (AvgIpc) is 3.16. The molecule has 0 amide bonds. The van der Waals surface area contributed by atoms with Crippen LogP contribution in [0.1, 0.15) is 35.1 Å². The molecule has 1 fully saturated rings. The van der Waals surface area contributed by atoms with Gasteiger partial charge in [0, 0.05) is 18.9 Å². The predicted octanol–water partition coefficient (Wildman–Crippen LogP) is 2.87. The number of ether oxygens (including phenoxy) is 1. The first-order valence-electron chi connectivity index (χ1n) is 10.0. The Morgan fingerprint density at radius 3 is 2.50 bits per heavy atom. The number of aromatic nitrogens is 2. The van der Waals surface area contributed by atoms with Gasteiger partial charge in [0.05, 0.1) is 18.8 Å². The minimum absolute atomic E-state index is 0.200. The Labute approximate surface area is 175 Å². The Morgan fingerprint density at radius 1 is 1.03 bits per heavy atom. The SMILES string of the molecule is Cc1nnc(-c2ccc(-c3cccc([C@H]4OC(CO)CC(O)C4O)c3C)cc2C)o1. The largest absolute Gasteiger partial charge is 0.421 e. The van der Waals surface area contributed by atoms with Gasteiger partial charge in [0.2, 0.25) is 11.8 Å². The summed E-state index contributed by atoms with van der Waals surface area (Å²) in [4.78, 5) is 0. The van der Waals surface area contributed by atoms with Gasteiger partial charge in [0.15, 0.2) is 0 Å². The van der Waals surface area contributed by atoms with E-state index >= 15 is 0 Å². The minimum Gasteiger partial charge on any atom is -0.421 e. The number of aliphatic hydroxyl groups is 3. The van der Waals surface area contributed by atoms with Crippen LogP contribution in [0.3, 0.4) is 0 Å². The highest BCUT2D eigenvalue weighted by atomic mass is 16.5. The van der Waals surface area contributed by atoms with Crippen molar-refractivity contribution < 1.29 is 24.5 Å². The summed E-state index contributed by atoms with van der Waals surface area (Å²) in [6.45, 7) is 5.53. The summed E-state index contributed by atoms with van der Waals surface area (Å²) in [5.41, 5.74) is 5.65. The van der Waals surface area contributed by atoms with E-state index in [4.69, 9.17) is 9.15 Å². The van der Waals surface area contributed by atoms with Gasteiger partial charge < -0.3 is 24.5 Å². The summed E-state index contributed by atoms with van der Waals surface area (Å²) in [6, 6.07) is 11.8. The van der Waals surface area contributed by atoms with E-state index in [0.29, 0.717) is 11.8 Å². The van der Waals surface area contributed by atoms with E-state index in [1.165, 1.54) is 0 Å². The number of aliphatic hydroxyl groups excluding tert-OH is 3.